The van der Waals surface area contributed by atoms with Crippen molar-refractivity contribution in [2.24, 2.45) is 0 Å². The van der Waals surface area contributed by atoms with Crippen LogP contribution < -0.4 is 4.74 Å². The lowest BCUT2D eigenvalue weighted by Gasteiger charge is -2.12. The molecule has 0 heterocycles. The highest BCUT2D eigenvalue weighted by Crippen LogP contribution is 2.26. The Morgan fingerprint density at radius 3 is 2.18 bits per heavy atom. The molecule has 1 unspecified atom stereocenters. The van der Waals surface area contributed by atoms with Gasteiger partial charge in [0.05, 0.1) is 6.10 Å². The monoisotopic (exact) mass is 242 g/mol. The highest BCUT2D eigenvalue weighted by Gasteiger charge is 2.10. The number of aliphatic hydroxyl groups excluding tert-OH is 1. The lowest BCUT2D eigenvalue weighted by molar-refractivity contribution is -0.0507. The molecule has 1 rings (SSSR count). The first kappa shape index (κ1) is 13.6. The summed E-state index contributed by atoms with van der Waals surface area (Å²) in [5, 5.41) is 9.12. The van der Waals surface area contributed by atoms with Crippen LogP contribution in [-0.4, -0.2) is 17.8 Å². The number of aryl methyl sites for hydroxylation is 2. The lowest BCUT2D eigenvalue weighted by Crippen LogP contribution is -2.05. The van der Waals surface area contributed by atoms with E-state index in [9.17, 15) is 8.78 Å². The average Bonchev–Trinajstić information content (AvgIpc) is 2.20. The topological polar surface area (TPSA) is 29.5 Å². The zero-order chi connectivity index (χ0) is 13.0. The Kier molecular flexibility index (Phi) is 4.63. The maximum Gasteiger partial charge on any atom is 0.387 e. The number of benzene rings is 1. The van der Waals surface area contributed by atoms with Crippen LogP contribution in [0.25, 0.3) is 6.08 Å². The van der Waals surface area contributed by atoms with Gasteiger partial charge in [-0.05, 0) is 49.6 Å². The molecule has 0 spiro atoms. The number of alkyl halides is 2. The van der Waals surface area contributed by atoms with Crippen molar-refractivity contribution in [2.75, 3.05) is 0 Å². The largest absolute Gasteiger partial charge is 0.434 e. The summed E-state index contributed by atoms with van der Waals surface area (Å²) in [4.78, 5) is 0. The summed E-state index contributed by atoms with van der Waals surface area (Å²) in [6.45, 7) is 2.26. The number of aliphatic hydroxyl groups is 1. The molecular weight excluding hydrogens is 226 g/mol. The number of halogens is 2. The molecule has 1 atom stereocenters. The van der Waals surface area contributed by atoms with Crippen molar-refractivity contribution in [3.63, 3.8) is 0 Å². The second kappa shape index (κ2) is 5.77. The predicted molar refractivity (Wildman–Crippen MR) is 63.3 cm³/mol. The van der Waals surface area contributed by atoms with Gasteiger partial charge in [0.25, 0.3) is 0 Å². The van der Waals surface area contributed by atoms with Crippen molar-refractivity contribution in [1.29, 1.82) is 0 Å². The Balaban J connectivity index is 3.01. The SMILES string of the molecule is Cc1cc(/C=C/C(C)O)cc(C)c1OC(F)F. The molecule has 0 saturated carbocycles. The van der Waals surface area contributed by atoms with Crippen LogP contribution in [0.2, 0.25) is 0 Å². The van der Waals surface area contributed by atoms with E-state index >= 15 is 0 Å². The van der Waals surface area contributed by atoms with Crippen molar-refractivity contribution in [3.05, 3.63) is 34.9 Å². The molecular formula is C13H16F2O2. The normalized spacial score (nSPS) is 13.4. The molecule has 0 radical (unpaired) electrons. The minimum absolute atomic E-state index is 0.217. The zero-order valence-electron chi connectivity index (χ0n) is 10.1. The van der Waals surface area contributed by atoms with E-state index in [0.717, 1.165) is 5.56 Å². The quantitative estimate of drug-likeness (QED) is 0.877. The van der Waals surface area contributed by atoms with Gasteiger partial charge in [-0.2, -0.15) is 8.78 Å². The molecule has 0 bridgehead atoms. The van der Waals surface area contributed by atoms with Crippen LogP contribution in [0.15, 0.2) is 18.2 Å². The molecule has 1 aromatic carbocycles. The van der Waals surface area contributed by atoms with Crippen LogP contribution in [0.3, 0.4) is 0 Å². The summed E-state index contributed by atoms with van der Waals surface area (Å²) in [6.07, 6.45) is 2.84. The smallest absolute Gasteiger partial charge is 0.387 e. The van der Waals surface area contributed by atoms with Crippen molar-refractivity contribution < 1.29 is 18.6 Å². The van der Waals surface area contributed by atoms with Gasteiger partial charge in [-0.15, -0.1) is 0 Å². The summed E-state index contributed by atoms with van der Waals surface area (Å²) < 4.78 is 28.8. The van der Waals surface area contributed by atoms with E-state index < -0.39 is 12.7 Å². The van der Waals surface area contributed by atoms with E-state index in [2.05, 4.69) is 4.74 Å². The molecule has 0 aliphatic carbocycles. The highest BCUT2D eigenvalue weighted by molar-refractivity contribution is 5.56. The van der Waals surface area contributed by atoms with E-state index in [1.54, 1.807) is 45.1 Å². The van der Waals surface area contributed by atoms with E-state index in [4.69, 9.17) is 5.11 Å². The second-order valence-corrected chi connectivity index (χ2v) is 3.96. The van der Waals surface area contributed by atoms with Crippen LogP contribution in [0.5, 0.6) is 5.75 Å². The Bertz CT molecular complexity index is 389. The number of hydrogen-bond donors (Lipinski definition) is 1. The van der Waals surface area contributed by atoms with E-state index in [1.807, 2.05) is 0 Å². The third-order valence-electron chi connectivity index (χ3n) is 2.26. The molecule has 94 valence electrons. The maximum absolute atomic E-state index is 12.2. The maximum atomic E-state index is 12.2. The van der Waals surface area contributed by atoms with Crippen molar-refractivity contribution in [2.45, 2.75) is 33.5 Å². The molecule has 0 aliphatic rings. The summed E-state index contributed by atoms with van der Waals surface area (Å²) >= 11 is 0. The standard InChI is InChI=1S/C13H16F2O2/c1-8-6-11(5-4-10(3)16)7-9(2)12(8)17-13(14)15/h4-7,10,13,16H,1-3H3/b5-4+. The molecule has 0 aliphatic heterocycles. The van der Waals surface area contributed by atoms with Gasteiger partial charge in [-0.25, -0.2) is 0 Å². The Hall–Kier alpha value is -1.42. The minimum Gasteiger partial charge on any atom is -0.434 e. The first-order chi connectivity index (χ1) is 7.90. The van der Waals surface area contributed by atoms with Crippen LogP contribution in [-0.2, 0) is 0 Å². The molecule has 4 heteroatoms. The van der Waals surface area contributed by atoms with Crippen LogP contribution >= 0.6 is 0 Å². The van der Waals surface area contributed by atoms with Crippen LogP contribution in [0, 0.1) is 13.8 Å². The fourth-order valence-corrected chi connectivity index (χ4v) is 1.61. The van der Waals surface area contributed by atoms with E-state index in [-0.39, 0.29) is 5.75 Å². The lowest BCUT2D eigenvalue weighted by atomic mass is 10.0. The van der Waals surface area contributed by atoms with Gasteiger partial charge in [0, 0.05) is 0 Å². The fourth-order valence-electron chi connectivity index (χ4n) is 1.61. The predicted octanol–water partition coefficient (Wildman–Crippen LogP) is 3.30. The molecule has 0 aromatic heterocycles. The Labute approximate surface area is 99.5 Å². The second-order valence-electron chi connectivity index (χ2n) is 3.96. The third kappa shape index (κ3) is 4.15. The van der Waals surface area contributed by atoms with Gasteiger partial charge in [-0.1, -0.05) is 12.2 Å². The molecule has 1 N–H and O–H groups in total. The number of ether oxygens (including phenoxy) is 1. The highest BCUT2D eigenvalue weighted by atomic mass is 19.3. The zero-order valence-corrected chi connectivity index (χ0v) is 10.1. The molecule has 1 aromatic rings. The third-order valence-corrected chi connectivity index (χ3v) is 2.26. The van der Waals surface area contributed by atoms with Gasteiger partial charge in [0.2, 0.25) is 0 Å². The van der Waals surface area contributed by atoms with Gasteiger partial charge >= 0.3 is 6.61 Å². The molecule has 0 fully saturated rings. The molecule has 0 saturated heterocycles. The van der Waals surface area contributed by atoms with Crippen molar-refractivity contribution >= 4 is 6.08 Å². The molecule has 2 nitrogen and oxygen atoms in total. The van der Waals surface area contributed by atoms with Gasteiger partial charge in [0.15, 0.2) is 0 Å². The molecule has 17 heavy (non-hydrogen) atoms. The van der Waals surface area contributed by atoms with Crippen LogP contribution in [0.1, 0.15) is 23.6 Å². The Morgan fingerprint density at radius 1 is 1.24 bits per heavy atom. The molecule has 0 amide bonds. The first-order valence-electron chi connectivity index (χ1n) is 5.32. The first-order valence-corrected chi connectivity index (χ1v) is 5.32. The number of rotatable bonds is 4. The van der Waals surface area contributed by atoms with Gasteiger partial charge < -0.3 is 9.84 Å². The Morgan fingerprint density at radius 2 is 1.76 bits per heavy atom. The summed E-state index contributed by atoms with van der Waals surface area (Å²) in [6, 6.07) is 3.48. The van der Waals surface area contributed by atoms with E-state index in [0.29, 0.717) is 11.1 Å². The van der Waals surface area contributed by atoms with Gasteiger partial charge in [0.1, 0.15) is 5.75 Å². The minimum atomic E-state index is -2.81. The summed E-state index contributed by atoms with van der Waals surface area (Å²) in [7, 11) is 0. The average molecular weight is 242 g/mol. The number of hydrogen-bond acceptors (Lipinski definition) is 2. The summed E-state index contributed by atoms with van der Waals surface area (Å²) in [5.41, 5.74) is 2.15. The summed E-state index contributed by atoms with van der Waals surface area (Å²) in [5.74, 6) is 0.217. The van der Waals surface area contributed by atoms with Crippen molar-refractivity contribution in [3.8, 4) is 5.75 Å². The fraction of sp³-hybridized carbons (Fsp3) is 0.385. The van der Waals surface area contributed by atoms with Crippen LogP contribution in [0.4, 0.5) is 8.78 Å². The van der Waals surface area contributed by atoms with Crippen molar-refractivity contribution in [1.82, 2.24) is 0 Å². The van der Waals surface area contributed by atoms with Gasteiger partial charge in [-0.3, -0.25) is 0 Å². The van der Waals surface area contributed by atoms with E-state index in [1.165, 1.54) is 0 Å².